The molecule has 1 fully saturated rings. The fraction of sp³-hybridized carbons (Fsp3) is 0.583. The van der Waals surface area contributed by atoms with Gasteiger partial charge in [-0.05, 0) is 26.8 Å². The van der Waals surface area contributed by atoms with E-state index in [4.69, 9.17) is 4.42 Å². The number of nitrogens with one attached hydrogen (secondary N) is 1. The normalized spacial score (nSPS) is 19.8. The van der Waals surface area contributed by atoms with Crippen LogP contribution in [0.25, 0.3) is 0 Å². The number of piperazine rings is 1. The van der Waals surface area contributed by atoms with Crippen LogP contribution < -0.4 is 5.32 Å². The highest BCUT2D eigenvalue weighted by molar-refractivity contribution is 5.93. The van der Waals surface area contributed by atoms with E-state index in [1.807, 2.05) is 17.9 Å². The Balaban J connectivity index is 2.14. The van der Waals surface area contributed by atoms with Crippen molar-refractivity contribution in [1.82, 2.24) is 10.2 Å². The summed E-state index contributed by atoms with van der Waals surface area (Å²) >= 11 is 0. The van der Waals surface area contributed by atoms with Crippen LogP contribution >= 0.6 is 0 Å². The molecule has 0 spiro atoms. The number of hydrogen-bond donors (Lipinski definition) is 1. The molecule has 0 unspecified atom stereocenters. The van der Waals surface area contributed by atoms with E-state index >= 15 is 0 Å². The molecule has 0 aliphatic carbocycles. The van der Waals surface area contributed by atoms with Gasteiger partial charge in [0, 0.05) is 30.7 Å². The standard InChI is InChI=1S/C12H18N2O2/c1-9-4-7-16-10(9)11(15)14-6-5-13-12(2,3)8-14/h4,7,13H,5-6,8H2,1-3H3. The van der Waals surface area contributed by atoms with Crippen LogP contribution in [0.5, 0.6) is 0 Å². The molecule has 16 heavy (non-hydrogen) atoms. The molecule has 1 aromatic heterocycles. The maximum atomic E-state index is 12.2. The number of hydrogen-bond acceptors (Lipinski definition) is 3. The van der Waals surface area contributed by atoms with Crippen LogP contribution in [0.1, 0.15) is 30.0 Å². The van der Waals surface area contributed by atoms with Gasteiger partial charge in [0.05, 0.1) is 6.26 Å². The highest BCUT2D eigenvalue weighted by atomic mass is 16.3. The van der Waals surface area contributed by atoms with Gasteiger partial charge in [-0.2, -0.15) is 0 Å². The molecule has 1 saturated heterocycles. The molecule has 0 radical (unpaired) electrons. The lowest BCUT2D eigenvalue weighted by molar-refractivity contribution is 0.0619. The van der Waals surface area contributed by atoms with Crippen LogP contribution in [-0.2, 0) is 0 Å². The summed E-state index contributed by atoms with van der Waals surface area (Å²) in [6.07, 6.45) is 1.57. The summed E-state index contributed by atoms with van der Waals surface area (Å²) in [6, 6.07) is 1.82. The van der Waals surface area contributed by atoms with Crippen molar-refractivity contribution in [2.24, 2.45) is 0 Å². The topological polar surface area (TPSA) is 45.5 Å². The first kappa shape index (κ1) is 11.2. The summed E-state index contributed by atoms with van der Waals surface area (Å²) in [5, 5.41) is 3.38. The van der Waals surface area contributed by atoms with Gasteiger partial charge in [-0.25, -0.2) is 0 Å². The third kappa shape index (κ3) is 2.11. The van der Waals surface area contributed by atoms with Crippen molar-refractivity contribution in [3.8, 4) is 0 Å². The number of furan rings is 1. The molecule has 0 atom stereocenters. The summed E-state index contributed by atoms with van der Waals surface area (Å²) in [5.41, 5.74) is 0.885. The molecule has 1 aromatic rings. The van der Waals surface area contributed by atoms with Crippen molar-refractivity contribution in [1.29, 1.82) is 0 Å². The monoisotopic (exact) mass is 222 g/mol. The maximum Gasteiger partial charge on any atom is 0.289 e. The summed E-state index contributed by atoms with van der Waals surface area (Å²) in [4.78, 5) is 14.0. The van der Waals surface area contributed by atoms with Gasteiger partial charge in [0.25, 0.3) is 5.91 Å². The van der Waals surface area contributed by atoms with E-state index in [9.17, 15) is 4.79 Å². The molecule has 1 N–H and O–H groups in total. The lowest BCUT2D eigenvalue weighted by Gasteiger charge is -2.38. The van der Waals surface area contributed by atoms with Crippen LogP contribution in [0.15, 0.2) is 16.7 Å². The van der Waals surface area contributed by atoms with Crippen molar-refractivity contribution in [2.75, 3.05) is 19.6 Å². The molecule has 4 nitrogen and oxygen atoms in total. The highest BCUT2D eigenvalue weighted by Crippen LogP contribution is 2.16. The minimum atomic E-state index is -0.0194. The molecule has 2 rings (SSSR count). The van der Waals surface area contributed by atoms with E-state index in [1.165, 1.54) is 0 Å². The van der Waals surface area contributed by atoms with Gasteiger partial charge < -0.3 is 14.6 Å². The van der Waals surface area contributed by atoms with Crippen molar-refractivity contribution < 1.29 is 9.21 Å². The SMILES string of the molecule is Cc1ccoc1C(=O)N1CCNC(C)(C)C1. The quantitative estimate of drug-likeness (QED) is 0.781. The van der Waals surface area contributed by atoms with Gasteiger partial charge >= 0.3 is 0 Å². The van der Waals surface area contributed by atoms with Crippen molar-refractivity contribution >= 4 is 5.91 Å². The molecule has 1 amide bonds. The summed E-state index contributed by atoms with van der Waals surface area (Å²) in [7, 11) is 0. The first-order valence-electron chi connectivity index (χ1n) is 5.58. The smallest absolute Gasteiger partial charge is 0.289 e. The third-order valence-electron chi connectivity index (χ3n) is 2.91. The number of nitrogens with zero attached hydrogens (tertiary/aromatic N) is 1. The van der Waals surface area contributed by atoms with Gasteiger partial charge in [0.1, 0.15) is 0 Å². The number of rotatable bonds is 1. The molecule has 0 bridgehead atoms. The van der Waals surface area contributed by atoms with Crippen LogP contribution in [-0.4, -0.2) is 36.0 Å². The Labute approximate surface area is 95.6 Å². The lowest BCUT2D eigenvalue weighted by Crippen LogP contribution is -2.58. The Kier molecular flexibility index (Phi) is 2.76. The maximum absolute atomic E-state index is 12.2. The predicted octanol–water partition coefficient (Wildman–Crippen LogP) is 1.41. The number of carbonyl (C=O) groups is 1. The Morgan fingerprint density at radius 3 is 2.88 bits per heavy atom. The van der Waals surface area contributed by atoms with Gasteiger partial charge in [0.15, 0.2) is 5.76 Å². The lowest BCUT2D eigenvalue weighted by atomic mass is 10.0. The van der Waals surface area contributed by atoms with E-state index in [2.05, 4.69) is 19.2 Å². The number of carbonyl (C=O) groups excluding carboxylic acids is 1. The van der Waals surface area contributed by atoms with E-state index in [0.717, 1.165) is 18.7 Å². The van der Waals surface area contributed by atoms with Gasteiger partial charge in [-0.3, -0.25) is 4.79 Å². The molecule has 2 heterocycles. The predicted molar refractivity (Wildman–Crippen MR) is 61.4 cm³/mol. The van der Waals surface area contributed by atoms with Crippen molar-refractivity contribution in [2.45, 2.75) is 26.3 Å². The Morgan fingerprint density at radius 1 is 1.56 bits per heavy atom. The molecular formula is C12H18N2O2. The largest absolute Gasteiger partial charge is 0.459 e. The number of aryl methyl sites for hydroxylation is 1. The Bertz CT molecular complexity index is 395. The van der Waals surface area contributed by atoms with E-state index < -0.39 is 0 Å². The number of amides is 1. The van der Waals surface area contributed by atoms with Crippen molar-refractivity contribution in [3.05, 3.63) is 23.7 Å². The van der Waals surface area contributed by atoms with Gasteiger partial charge in [-0.1, -0.05) is 0 Å². The highest BCUT2D eigenvalue weighted by Gasteiger charge is 2.30. The Morgan fingerprint density at radius 2 is 2.31 bits per heavy atom. The van der Waals surface area contributed by atoms with Gasteiger partial charge in [0.2, 0.25) is 0 Å². The summed E-state index contributed by atoms with van der Waals surface area (Å²) in [6.45, 7) is 8.37. The minimum Gasteiger partial charge on any atom is -0.459 e. The molecule has 1 aliphatic heterocycles. The first-order chi connectivity index (χ1) is 7.49. The second-order valence-electron chi connectivity index (χ2n) is 4.97. The van der Waals surface area contributed by atoms with E-state index in [0.29, 0.717) is 12.3 Å². The molecule has 1 aliphatic rings. The summed E-state index contributed by atoms with van der Waals surface area (Å²) < 4.78 is 5.24. The first-order valence-corrected chi connectivity index (χ1v) is 5.58. The van der Waals surface area contributed by atoms with Crippen LogP contribution in [0.4, 0.5) is 0 Å². The zero-order valence-electron chi connectivity index (χ0n) is 10.0. The van der Waals surface area contributed by atoms with Crippen LogP contribution in [0.3, 0.4) is 0 Å². The molecular weight excluding hydrogens is 204 g/mol. The van der Waals surface area contributed by atoms with E-state index in [-0.39, 0.29) is 11.4 Å². The Hall–Kier alpha value is -1.29. The molecule has 4 heteroatoms. The van der Waals surface area contributed by atoms with Gasteiger partial charge in [-0.15, -0.1) is 0 Å². The second-order valence-corrected chi connectivity index (χ2v) is 4.97. The third-order valence-corrected chi connectivity index (χ3v) is 2.91. The molecule has 88 valence electrons. The average molecular weight is 222 g/mol. The fourth-order valence-electron chi connectivity index (χ4n) is 2.05. The zero-order chi connectivity index (χ0) is 11.8. The fourth-order valence-corrected chi connectivity index (χ4v) is 2.05. The summed E-state index contributed by atoms with van der Waals surface area (Å²) in [5.74, 6) is 0.467. The molecule has 0 aromatic carbocycles. The average Bonchev–Trinajstić information content (AvgIpc) is 2.62. The van der Waals surface area contributed by atoms with Crippen LogP contribution in [0, 0.1) is 6.92 Å². The second kappa shape index (κ2) is 3.94. The van der Waals surface area contributed by atoms with Crippen LogP contribution in [0.2, 0.25) is 0 Å². The molecule has 0 saturated carbocycles. The van der Waals surface area contributed by atoms with Crippen molar-refractivity contribution in [3.63, 3.8) is 0 Å². The minimum absolute atomic E-state index is 0.00271. The zero-order valence-corrected chi connectivity index (χ0v) is 10.0. The van der Waals surface area contributed by atoms with E-state index in [1.54, 1.807) is 6.26 Å².